The van der Waals surface area contributed by atoms with Crippen molar-refractivity contribution in [2.75, 3.05) is 44.2 Å². The summed E-state index contributed by atoms with van der Waals surface area (Å²) in [5.74, 6) is 1.44. The molecule has 5 N–H and O–H groups in total. The van der Waals surface area contributed by atoms with E-state index in [2.05, 4.69) is 40.3 Å². The van der Waals surface area contributed by atoms with Crippen molar-refractivity contribution in [1.82, 2.24) is 15.2 Å². The van der Waals surface area contributed by atoms with Crippen LogP contribution in [0.1, 0.15) is 86.6 Å². The van der Waals surface area contributed by atoms with Gasteiger partial charge in [-0.2, -0.15) is 0 Å². The van der Waals surface area contributed by atoms with Crippen LogP contribution in [0, 0.1) is 18.8 Å². The Morgan fingerprint density at radius 3 is 2.44 bits per heavy atom. The molecule has 3 aliphatic heterocycles. The summed E-state index contributed by atoms with van der Waals surface area (Å²) in [7, 11) is 0. The lowest BCUT2D eigenvalue weighted by molar-refractivity contribution is 0.0358. The SMILES string of the molecule is Cc1cccc([C@@H](C2CN3CCC2CC3)N(C(=O)O)c2cccc(OCCCCCCCCCNC[C@H](O)c3ccc(O)c4[nH]c(=O)ccc34)c2)c1. The minimum Gasteiger partial charge on any atom is -0.506 e. The molecule has 1 amide bonds. The van der Waals surface area contributed by atoms with Gasteiger partial charge in [-0.15, -0.1) is 0 Å². The van der Waals surface area contributed by atoms with E-state index in [0.29, 0.717) is 47.0 Å². The lowest BCUT2D eigenvalue weighted by atomic mass is 9.73. The standard InChI is InChI=1S/C42H54N4O6/c1-29-11-9-12-31(25-29)41(36-28-45-22-19-30(36)20-23-45)46(42(50)51)32-13-10-14-33(26-32)52-24-8-6-4-2-3-5-7-21-43-27-38(48)34-15-17-37(47)40-35(34)16-18-39(49)44-40/h9-18,25-26,30,36,38,41,43,47-48H,2-8,19-24,27-28H2,1H3,(H,44,49)(H,50,51)/t36?,38-,41-/m0/s1. The number of aromatic amines is 1. The number of piperidine rings is 3. The highest BCUT2D eigenvalue weighted by Gasteiger charge is 2.43. The Kier molecular flexibility index (Phi) is 12.9. The number of H-pyrrole nitrogens is 1. The van der Waals surface area contributed by atoms with Crippen LogP contribution >= 0.6 is 0 Å². The first kappa shape index (κ1) is 37.4. The number of aliphatic hydroxyl groups is 1. The number of carboxylic acid groups (broad SMARTS) is 1. The number of unbranched alkanes of at least 4 members (excludes halogenated alkanes) is 6. The van der Waals surface area contributed by atoms with Crippen molar-refractivity contribution in [2.45, 2.75) is 76.9 Å². The zero-order valence-corrected chi connectivity index (χ0v) is 30.3. The summed E-state index contributed by atoms with van der Waals surface area (Å²) in [4.78, 5) is 31.4. The van der Waals surface area contributed by atoms with Gasteiger partial charge in [-0.3, -0.25) is 9.69 Å². The predicted molar refractivity (Wildman–Crippen MR) is 205 cm³/mol. The maximum Gasteiger partial charge on any atom is 0.412 e. The predicted octanol–water partition coefficient (Wildman–Crippen LogP) is 7.54. The summed E-state index contributed by atoms with van der Waals surface area (Å²) >= 11 is 0. The highest BCUT2D eigenvalue weighted by Crippen LogP contribution is 2.44. The van der Waals surface area contributed by atoms with Crippen LogP contribution in [0.15, 0.2) is 77.6 Å². The van der Waals surface area contributed by atoms with Crippen LogP contribution in [0.25, 0.3) is 10.9 Å². The van der Waals surface area contributed by atoms with Gasteiger partial charge in [-0.25, -0.2) is 4.79 Å². The number of amides is 1. The molecule has 3 fully saturated rings. The van der Waals surface area contributed by atoms with Crippen molar-refractivity contribution in [1.29, 1.82) is 0 Å². The highest BCUT2D eigenvalue weighted by atomic mass is 16.5. The number of benzene rings is 3. The zero-order chi connectivity index (χ0) is 36.5. The van der Waals surface area contributed by atoms with Crippen molar-refractivity contribution < 1.29 is 24.9 Å². The Bertz CT molecular complexity index is 1840. The lowest BCUT2D eigenvalue weighted by Gasteiger charge is -2.49. The molecule has 278 valence electrons. The number of fused-ring (bicyclic) bond motifs is 4. The van der Waals surface area contributed by atoms with E-state index in [1.54, 1.807) is 17.0 Å². The largest absolute Gasteiger partial charge is 0.506 e. The molecule has 10 heteroatoms. The number of nitrogens with one attached hydrogen (secondary N) is 2. The summed E-state index contributed by atoms with van der Waals surface area (Å²) in [6.07, 6.45) is 8.15. The number of pyridine rings is 1. The molecule has 1 unspecified atom stereocenters. The fraction of sp³-hybridized carbons (Fsp3) is 0.476. The number of hydrogen-bond acceptors (Lipinski definition) is 7. The maximum absolute atomic E-state index is 13.0. The first-order chi connectivity index (χ1) is 25.3. The summed E-state index contributed by atoms with van der Waals surface area (Å²) in [5.41, 5.74) is 3.56. The number of carbonyl (C=O) groups is 1. The van der Waals surface area contributed by atoms with Crippen LogP contribution in [0.4, 0.5) is 10.5 Å². The molecule has 4 aromatic rings. The lowest BCUT2D eigenvalue weighted by Crippen LogP contribution is -2.53. The third-order valence-electron chi connectivity index (χ3n) is 10.9. The van der Waals surface area contributed by atoms with E-state index in [1.807, 2.05) is 30.3 Å². The molecule has 7 rings (SSSR count). The van der Waals surface area contributed by atoms with E-state index in [-0.39, 0.29) is 23.3 Å². The normalized spacial score (nSPS) is 19.4. The second-order valence-corrected chi connectivity index (χ2v) is 14.6. The summed E-state index contributed by atoms with van der Waals surface area (Å²) in [5, 5.41) is 35.4. The fourth-order valence-electron chi connectivity index (χ4n) is 8.25. The molecule has 0 aliphatic carbocycles. The summed E-state index contributed by atoms with van der Waals surface area (Å²) < 4.78 is 6.15. The molecule has 0 radical (unpaired) electrons. The monoisotopic (exact) mass is 710 g/mol. The average Bonchev–Trinajstić information content (AvgIpc) is 3.15. The van der Waals surface area contributed by atoms with Crippen LogP contribution in [0.5, 0.6) is 11.5 Å². The van der Waals surface area contributed by atoms with Crippen molar-refractivity contribution in [3.8, 4) is 11.5 Å². The van der Waals surface area contributed by atoms with Crippen molar-refractivity contribution in [3.63, 3.8) is 0 Å². The zero-order valence-electron chi connectivity index (χ0n) is 30.3. The third-order valence-corrected chi connectivity index (χ3v) is 10.9. The number of phenols is 1. The van der Waals surface area contributed by atoms with Gasteiger partial charge in [-0.05, 0) is 99.5 Å². The Morgan fingerprint density at radius 1 is 0.962 bits per heavy atom. The van der Waals surface area contributed by atoms with Gasteiger partial charge in [0.15, 0.2) is 0 Å². The Balaban J connectivity index is 0.908. The van der Waals surface area contributed by atoms with Gasteiger partial charge in [0, 0.05) is 30.6 Å². The topological polar surface area (TPSA) is 138 Å². The number of rotatable bonds is 18. The number of phenolic OH excluding ortho intramolecular Hbond substituents is 1. The minimum absolute atomic E-state index is 0.0133. The first-order valence-electron chi connectivity index (χ1n) is 19.1. The van der Waals surface area contributed by atoms with E-state index in [1.165, 1.54) is 12.1 Å². The Hall–Kier alpha value is -4.38. The highest BCUT2D eigenvalue weighted by molar-refractivity contribution is 5.88. The molecule has 0 spiro atoms. The molecule has 0 saturated carbocycles. The number of ether oxygens (including phenoxy) is 1. The fourth-order valence-corrected chi connectivity index (χ4v) is 8.25. The average molecular weight is 711 g/mol. The van der Waals surface area contributed by atoms with Gasteiger partial charge in [-0.1, -0.05) is 74.1 Å². The van der Waals surface area contributed by atoms with Gasteiger partial charge >= 0.3 is 6.09 Å². The van der Waals surface area contributed by atoms with Crippen molar-refractivity contribution in [2.24, 2.45) is 11.8 Å². The molecular formula is C42H54N4O6. The Labute approximate surface area is 306 Å². The van der Waals surface area contributed by atoms with Gasteiger partial charge in [0.25, 0.3) is 0 Å². The minimum atomic E-state index is -0.934. The molecule has 1 aromatic heterocycles. The third kappa shape index (κ3) is 9.34. The van der Waals surface area contributed by atoms with Gasteiger partial charge in [0.2, 0.25) is 5.56 Å². The van der Waals surface area contributed by atoms with Gasteiger partial charge < -0.3 is 35.3 Å². The molecular weight excluding hydrogens is 656 g/mol. The number of anilines is 1. The number of aryl methyl sites for hydroxylation is 1. The van der Waals surface area contributed by atoms with Gasteiger partial charge in [0.1, 0.15) is 11.5 Å². The molecule has 2 bridgehead atoms. The van der Waals surface area contributed by atoms with Crippen molar-refractivity contribution in [3.05, 3.63) is 99.8 Å². The van der Waals surface area contributed by atoms with Crippen LogP contribution in [-0.2, 0) is 0 Å². The van der Waals surface area contributed by atoms with Crippen molar-refractivity contribution >= 4 is 22.7 Å². The Morgan fingerprint density at radius 2 is 1.71 bits per heavy atom. The molecule has 52 heavy (non-hydrogen) atoms. The van der Waals surface area contributed by atoms with E-state index < -0.39 is 12.2 Å². The second kappa shape index (κ2) is 17.9. The first-order valence-corrected chi connectivity index (χ1v) is 19.1. The molecule has 10 nitrogen and oxygen atoms in total. The molecule has 3 aromatic carbocycles. The van der Waals surface area contributed by atoms with Crippen LogP contribution < -0.4 is 20.5 Å². The number of aromatic hydroxyl groups is 1. The van der Waals surface area contributed by atoms with E-state index in [0.717, 1.165) is 95.1 Å². The maximum atomic E-state index is 13.0. The number of hydrogen-bond donors (Lipinski definition) is 5. The van der Waals surface area contributed by atoms with E-state index >= 15 is 0 Å². The summed E-state index contributed by atoms with van der Waals surface area (Å²) in [6, 6.07) is 21.9. The number of aliphatic hydroxyl groups excluding tert-OH is 1. The smallest absolute Gasteiger partial charge is 0.412 e. The second-order valence-electron chi connectivity index (χ2n) is 14.6. The van der Waals surface area contributed by atoms with Crippen LogP contribution in [0.3, 0.4) is 0 Å². The molecule has 4 heterocycles. The molecule has 3 atom stereocenters. The molecule has 3 aliphatic rings. The van der Waals surface area contributed by atoms with E-state index in [4.69, 9.17) is 4.74 Å². The number of nitrogens with zero attached hydrogens (tertiary/aromatic N) is 2. The van der Waals surface area contributed by atoms with Gasteiger partial charge in [0.05, 0.1) is 30.0 Å². The van der Waals surface area contributed by atoms with Crippen LogP contribution in [0.2, 0.25) is 0 Å². The quantitative estimate of drug-likeness (QED) is 0.0668. The summed E-state index contributed by atoms with van der Waals surface area (Å²) in [6.45, 7) is 7.00. The number of aromatic nitrogens is 1. The van der Waals surface area contributed by atoms with E-state index in [9.17, 15) is 24.9 Å². The molecule has 3 saturated heterocycles. The van der Waals surface area contributed by atoms with Crippen LogP contribution in [-0.4, -0.2) is 70.6 Å².